The molecule has 0 radical (unpaired) electrons. The first-order chi connectivity index (χ1) is 12.2. The van der Waals surface area contributed by atoms with Crippen LogP contribution in [0.15, 0.2) is 48.5 Å². The van der Waals surface area contributed by atoms with Gasteiger partial charge in [0.25, 0.3) is 0 Å². The van der Waals surface area contributed by atoms with Crippen LogP contribution in [0.5, 0.6) is 0 Å². The highest BCUT2D eigenvalue weighted by Crippen LogP contribution is 2.27. The van der Waals surface area contributed by atoms with Crippen molar-refractivity contribution in [1.29, 1.82) is 0 Å². The summed E-state index contributed by atoms with van der Waals surface area (Å²) in [6, 6.07) is 17.0. The zero-order chi connectivity index (χ0) is 17.2. The molecule has 0 aliphatic carbocycles. The second kappa shape index (κ2) is 6.84. The fourth-order valence-electron chi connectivity index (χ4n) is 3.42. The molecule has 1 N–H and O–H groups in total. The van der Waals surface area contributed by atoms with E-state index >= 15 is 0 Å². The van der Waals surface area contributed by atoms with Gasteiger partial charge in [0.2, 0.25) is 5.91 Å². The van der Waals surface area contributed by atoms with E-state index in [4.69, 9.17) is 0 Å². The Morgan fingerprint density at radius 1 is 1.12 bits per heavy atom. The van der Waals surface area contributed by atoms with Crippen molar-refractivity contribution in [2.24, 2.45) is 5.92 Å². The molecule has 0 saturated carbocycles. The van der Waals surface area contributed by atoms with Crippen molar-refractivity contribution in [3.8, 4) is 0 Å². The van der Waals surface area contributed by atoms with Crippen LogP contribution in [-0.2, 0) is 4.79 Å². The smallest absolute Gasteiger partial charge is 0.228 e. The molecule has 1 aliphatic rings. The summed E-state index contributed by atoms with van der Waals surface area (Å²) < 4.78 is 4.21. The van der Waals surface area contributed by atoms with Crippen LogP contribution >= 0.6 is 11.5 Å². The monoisotopic (exact) mass is 351 g/mol. The summed E-state index contributed by atoms with van der Waals surface area (Å²) in [6.45, 7) is 3.77. The number of carbonyl (C=O) groups excluding carboxylic acids is 1. The van der Waals surface area contributed by atoms with Crippen molar-refractivity contribution in [2.75, 3.05) is 23.3 Å². The predicted molar refractivity (Wildman–Crippen MR) is 104 cm³/mol. The van der Waals surface area contributed by atoms with E-state index in [2.05, 4.69) is 57.1 Å². The summed E-state index contributed by atoms with van der Waals surface area (Å²) >= 11 is 1.35. The number of anilines is 2. The Hall–Kier alpha value is -2.40. The third-order valence-electron chi connectivity index (χ3n) is 4.84. The van der Waals surface area contributed by atoms with E-state index in [1.807, 2.05) is 13.0 Å². The van der Waals surface area contributed by atoms with Crippen LogP contribution in [0.2, 0.25) is 0 Å². The highest BCUT2D eigenvalue weighted by atomic mass is 32.1. The maximum absolute atomic E-state index is 12.4. The van der Waals surface area contributed by atoms with E-state index in [1.54, 1.807) is 0 Å². The average molecular weight is 351 g/mol. The largest absolute Gasteiger partial charge is 0.371 e. The lowest BCUT2D eigenvalue weighted by Gasteiger charge is -2.33. The summed E-state index contributed by atoms with van der Waals surface area (Å²) in [5.74, 6) is 0.209. The van der Waals surface area contributed by atoms with Crippen LogP contribution in [-0.4, -0.2) is 23.4 Å². The number of piperidine rings is 1. The Kier molecular flexibility index (Phi) is 4.40. The first-order valence-electron chi connectivity index (χ1n) is 8.67. The van der Waals surface area contributed by atoms with Crippen molar-refractivity contribution in [2.45, 2.75) is 19.8 Å². The van der Waals surface area contributed by atoms with Crippen molar-refractivity contribution in [1.82, 2.24) is 4.37 Å². The minimum atomic E-state index is 0.0825. The standard InChI is InChI=1S/C20H21N3OS/c1-14-12-19(25-22-14)21-20(24)16-8-10-23(11-9-16)18-7-6-15-4-2-3-5-17(15)13-18/h2-7,12-13,16H,8-11H2,1H3,(H,21,24). The number of carbonyl (C=O) groups is 1. The maximum atomic E-state index is 12.4. The average Bonchev–Trinajstić information content (AvgIpc) is 3.06. The van der Waals surface area contributed by atoms with Crippen molar-refractivity contribution >= 4 is 38.9 Å². The Morgan fingerprint density at radius 3 is 2.60 bits per heavy atom. The number of nitrogens with one attached hydrogen (secondary N) is 1. The fourth-order valence-corrected chi connectivity index (χ4v) is 4.08. The molecule has 1 aromatic heterocycles. The van der Waals surface area contributed by atoms with Crippen LogP contribution in [0.1, 0.15) is 18.5 Å². The first kappa shape index (κ1) is 16.1. The van der Waals surface area contributed by atoms with Gasteiger partial charge in [0.1, 0.15) is 5.00 Å². The molecule has 0 bridgehead atoms. The van der Waals surface area contributed by atoms with Crippen LogP contribution < -0.4 is 10.2 Å². The lowest BCUT2D eigenvalue weighted by molar-refractivity contribution is -0.120. The number of aryl methyl sites for hydroxylation is 1. The normalized spacial score (nSPS) is 15.5. The Bertz CT molecular complexity index is 897. The Labute approximate surface area is 151 Å². The summed E-state index contributed by atoms with van der Waals surface area (Å²) in [5, 5.41) is 6.39. The van der Waals surface area contributed by atoms with Gasteiger partial charge in [0, 0.05) is 24.7 Å². The van der Waals surface area contributed by atoms with Crippen LogP contribution in [0.3, 0.4) is 0 Å². The summed E-state index contributed by atoms with van der Waals surface area (Å²) in [6.07, 6.45) is 1.77. The number of hydrogen-bond acceptors (Lipinski definition) is 4. The molecule has 2 heterocycles. The predicted octanol–water partition coefficient (Wildman–Crippen LogP) is 4.46. The molecule has 0 unspecified atom stereocenters. The number of fused-ring (bicyclic) bond motifs is 1. The minimum absolute atomic E-state index is 0.0825. The highest BCUT2D eigenvalue weighted by Gasteiger charge is 2.25. The number of nitrogens with zero attached hydrogens (tertiary/aromatic N) is 2. The molecule has 3 aromatic rings. The molecule has 0 spiro atoms. The van der Waals surface area contributed by atoms with Crippen LogP contribution in [0.25, 0.3) is 10.8 Å². The zero-order valence-electron chi connectivity index (χ0n) is 14.2. The summed E-state index contributed by atoms with van der Waals surface area (Å²) in [4.78, 5) is 14.8. The number of benzene rings is 2. The number of hydrogen-bond donors (Lipinski definition) is 1. The van der Waals surface area contributed by atoms with Crippen LogP contribution in [0, 0.1) is 12.8 Å². The second-order valence-electron chi connectivity index (χ2n) is 6.61. The molecule has 0 atom stereocenters. The molecule has 1 fully saturated rings. The van der Waals surface area contributed by atoms with E-state index in [1.165, 1.54) is 28.0 Å². The Balaban J connectivity index is 1.39. The molecule has 4 nitrogen and oxygen atoms in total. The SMILES string of the molecule is Cc1cc(NC(=O)C2CCN(c3ccc4ccccc4c3)CC2)sn1. The molecule has 4 rings (SSSR count). The van der Waals surface area contributed by atoms with Gasteiger partial charge in [-0.05, 0) is 60.3 Å². The topological polar surface area (TPSA) is 45.2 Å². The molecule has 5 heteroatoms. The minimum Gasteiger partial charge on any atom is -0.371 e. The maximum Gasteiger partial charge on any atom is 0.228 e. The molecule has 1 amide bonds. The Morgan fingerprint density at radius 2 is 1.88 bits per heavy atom. The fraction of sp³-hybridized carbons (Fsp3) is 0.300. The summed E-state index contributed by atoms with van der Waals surface area (Å²) in [5.41, 5.74) is 2.20. The quantitative estimate of drug-likeness (QED) is 0.758. The molecule has 1 aliphatic heterocycles. The van der Waals surface area contributed by atoms with Gasteiger partial charge in [-0.3, -0.25) is 4.79 Å². The van der Waals surface area contributed by atoms with Gasteiger partial charge in [-0.25, -0.2) is 0 Å². The van der Waals surface area contributed by atoms with E-state index in [0.29, 0.717) is 0 Å². The molecule has 2 aromatic carbocycles. The van der Waals surface area contributed by atoms with Gasteiger partial charge in [0.15, 0.2) is 0 Å². The van der Waals surface area contributed by atoms with Gasteiger partial charge in [-0.15, -0.1) is 0 Å². The lowest BCUT2D eigenvalue weighted by Crippen LogP contribution is -2.38. The van der Waals surface area contributed by atoms with E-state index in [9.17, 15) is 4.79 Å². The second-order valence-corrected chi connectivity index (χ2v) is 7.42. The number of rotatable bonds is 3. The third kappa shape index (κ3) is 3.51. The van der Waals surface area contributed by atoms with E-state index in [-0.39, 0.29) is 11.8 Å². The van der Waals surface area contributed by atoms with Gasteiger partial charge in [-0.1, -0.05) is 30.3 Å². The van der Waals surface area contributed by atoms with Crippen molar-refractivity contribution < 1.29 is 4.79 Å². The molecule has 25 heavy (non-hydrogen) atoms. The number of amides is 1. The first-order valence-corrected chi connectivity index (χ1v) is 9.44. The molecule has 128 valence electrons. The lowest BCUT2D eigenvalue weighted by atomic mass is 9.95. The van der Waals surface area contributed by atoms with E-state index < -0.39 is 0 Å². The molecular weight excluding hydrogens is 330 g/mol. The van der Waals surface area contributed by atoms with Gasteiger partial charge in [-0.2, -0.15) is 4.37 Å². The third-order valence-corrected chi connectivity index (χ3v) is 5.63. The van der Waals surface area contributed by atoms with Crippen molar-refractivity contribution in [3.05, 3.63) is 54.2 Å². The van der Waals surface area contributed by atoms with Crippen LogP contribution in [0.4, 0.5) is 10.7 Å². The molecule has 1 saturated heterocycles. The number of aromatic nitrogens is 1. The van der Waals surface area contributed by atoms with E-state index in [0.717, 1.165) is 36.6 Å². The van der Waals surface area contributed by atoms with Gasteiger partial charge in [0.05, 0.1) is 5.69 Å². The van der Waals surface area contributed by atoms with Gasteiger partial charge >= 0.3 is 0 Å². The van der Waals surface area contributed by atoms with Crippen molar-refractivity contribution in [3.63, 3.8) is 0 Å². The zero-order valence-corrected chi connectivity index (χ0v) is 15.1. The highest BCUT2D eigenvalue weighted by molar-refractivity contribution is 7.10. The van der Waals surface area contributed by atoms with Gasteiger partial charge < -0.3 is 10.2 Å². The molecular formula is C20H21N3OS. The summed E-state index contributed by atoms with van der Waals surface area (Å²) in [7, 11) is 0.